The van der Waals surface area contributed by atoms with Gasteiger partial charge in [-0.25, -0.2) is 0 Å². The Morgan fingerprint density at radius 1 is 1.18 bits per heavy atom. The summed E-state index contributed by atoms with van der Waals surface area (Å²) < 4.78 is 5.37. The first-order chi connectivity index (χ1) is 10.2. The monoisotopic (exact) mass is 322 g/mol. The second-order valence-electron chi connectivity index (χ2n) is 6.03. The molecular formula is C16H23ClN4O. The predicted octanol–water partition coefficient (Wildman–Crippen LogP) is 2.85. The zero-order chi connectivity index (χ0) is 14.7. The second-order valence-corrected chi connectivity index (χ2v) is 6.03. The average molecular weight is 323 g/mol. The Morgan fingerprint density at radius 2 is 1.86 bits per heavy atom. The lowest BCUT2D eigenvalue weighted by Gasteiger charge is -2.18. The number of halogens is 1. The van der Waals surface area contributed by atoms with Gasteiger partial charge >= 0.3 is 0 Å². The van der Waals surface area contributed by atoms with Gasteiger partial charge in [0.15, 0.2) is 5.82 Å². The summed E-state index contributed by atoms with van der Waals surface area (Å²) in [6, 6.07) is 10.3. The summed E-state index contributed by atoms with van der Waals surface area (Å²) in [6.07, 6.45) is 4.19. The zero-order valence-corrected chi connectivity index (χ0v) is 13.7. The molecule has 0 bridgehead atoms. The number of hydrogen-bond acceptors (Lipinski definition) is 5. The molecule has 120 valence electrons. The van der Waals surface area contributed by atoms with Crippen LogP contribution < -0.4 is 5.73 Å². The van der Waals surface area contributed by atoms with Crippen molar-refractivity contribution in [3.05, 3.63) is 47.6 Å². The molecule has 1 saturated carbocycles. The normalized spacial score (nSPS) is 16.7. The van der Waals surface area contributed by atoms with Gasteiger partial charge in [-0.05, 0) is 25.5 Å². The number of aromatic nitrogens is 2. The topological polar surface area (TPSA) is 68.2 Å². The summed E-state index contributed by atoms with van der Waals surface area (Å²) in [7, 11) is 2.05. The van der Waals surface area contributed by atoms with Crippen LogP contribution in [0.25, 0.3) is 0 Å². The Balaban J connectivity index is 0.00000176. The van der Waals surface area contributed by atoms with Gasteiger partial charge in [0.1, 0.15) is 0 Å². The molecule has 2 aromatic rings. The number of rotatable bonds is 5. The predicted molar refractivity (Wildman–Crippen MR) is 87.5 cm³/mol. The Bertz CT molecular complexity index is 581. The maximum absolute atomic E-state index is 6.35. The molecule has 1 aromatic heterocycles. The minimum absolute atomic E-state index is 0. The van der Waals surface area contributed by atoms with Crippen molar-refractivity contribution in [1.29, 1.82) is 0 Å². The fourth-order valence-corrected chi connectivity index (χ4v) is 2.93. The lowest BCUT2D eigenvalue weighted by Crippen LogP contribution is -2.34. The highest BCUT2D eigenvalue weighted by Crippen LogP contribution is 2.34. The fraction of sp³-hybridized carbons (Fsp3) is 0.500. The summed E-state index contributed by atoms with van der Waals surface area (Å²) in [4.78, 5) is 6.66. The number of benzene rings is 1. The highest BCUT2D eigenvalue weighted by Gasteiger charge is 2.35. The van der Waals surface area contributed by atoms with Crippen LogP contribution in [0.2, 0.25) is 0 Å². The van der Waals surface area contributed by atoms with Gasteiger partial charge in [-0.2, -0.15) is 4.98 Å². The summed E-state index contributed by atoms with van der Waals surface area (Å²) >= 11 is 0. The molecule has 22 heavy (non-hydrogen) atoms. The molecule has 0 unspecified atom stereocenters. The summed E-state index contributed by atoms with van der Waals surface area (Å²) in [5.74, 6) is 1.31. The van der Waals surface area contributed by atoms with Crippen LogP contribution in [-0.4, -0.2) is 22.1 Å². The largest absolute Gasteiger partial charge is 0.338 e. The van der Waals surface area contributed by atoms with Gasteiger partial charge in [0, 0.05) is 6.54 Å². The smallest absolute Gasteiger partial charge is 0.240 e. The standard InChI is InChI=1S/C16H22N4O.ClH/c1-20(11-13-7-3-2-4-8-13)12-14-18-15(19-21-14)16(17)9-5-6-10-16;/h2-4,7-8H,5-6,9-12,17H2,1H3;1H. The van der Waals surface area contributed by atoms with Crippen LogP contribution in [0.3, 0.4) is 0 Å². The molecule has 1 aromatic carbocycles. The summed E-state index contributed by atoms with van der Waals surface area (Å²) in [5.41, 5.74) is 7.24. The van der Waals surface area contributed by atoms with E-state index in [0.29, 0.717) is 18.3 Å². The third-order valence-corrected chi connectivity index (χ3v) is 4.11. The Hall–Kier alpha value is -1.43. The van der Waals surface area contributed by atoms with Gasteiger partial charge in [-0.1, -0.05) is 48.3 Å². The van der Waals surface area contributed by atoms with E-state index in [1.807, 2.05) is 25.2 Å². The third-order valence-electron chi connectivity index (χ3n) is 4.11. The Labute approximate surface area is 137 Å². The zero-order valence-electron chi connectivity index (χ0n) is 12.9. The maximum atomic E-state index is 6.35. The molecule has 1 aliphatic carbocycles. The van der Waals surface area contributed by atoms with Gasteiger partial charge in [-0.15, -0.1) is 12.4 Å². The molecule has 1 aliphatic rings. The lowest BCUT2D eigenvalue weighted by atomic mass is 9.99. The van der Waals surface area contributed by atoms with E-state index in [0.717, 1.165) is 32.2 Å². The molecule has 0 spiro atoms. The van der Waals surface area contributed by atoms with Gasteiger partial charge in [0.05, 0.1) is 12.1 Å². The van der Waals surface area contributed by atoms with Gasteiger partial charge in [0.2, 0.25) is 5.89 Å². The first kappa shape index (κ1) is 16.9. The molecule has 3 rings (SSSR count). The van der Waals surface area contributed by atoms with E-state index < -0.39 is 0 Å². The van der Waals surface area contributed by atoms with Crippen LogP contribution in [0.15, 0.2) is 34.9 Å². The second kappa shape index (κ2) is 7.22. The highest BCUT2D eigenvalue weighted by atomic mass is 35.5. The van der Waals surface area contributed by atoms with Crippen molar-refractivity contribution in [3.63, 3.8) is 0 Å². The van der Waals surface area contributed by atoms with E-state index in [1.165, 1.54) is 5.56 Å². The van der Waals surface area contributed by atoms with Crippen molar-refractivity contribution in [2.75, 3.05) is 7.05 Å². The molecule has 6 heteroatoms. The minimum atomic E-state index is -0.375. The van der Waals surface area contributed by atoms with E-state index in [1.54, 1.807) is 0 Å². The molecule has 1 fully saturated rings. The van der Waals surface area contributed by atoms with Crippen LogP contribution >= 0.6 is 12.4 Å². The van der Waals surface area contributed by atoms with Crippen molar-refractivity contribution in [1.82, 2.24) is 15.0 Å². The summed E-state index contributed by atoms with van der Waals surface area (Å²) in [6.45, 7) is 1.49. The first-order valence-corrected chi connectivity index (χ1v) is 7.50. The van der Waals surface area contributed by atoms with Crippen LogP contribution in [0.4, 0.5) is 0 Å². The number of nitrogens with zero attached hydrogens (tertiary/aromatic N) is 3. The van der Waals surface area contributed by atoms with E-state index in [4.69, 9.17) is 10.3 Å². The Morgan fingerprint density at radius 3 is 2.55 bits per heavy atom. The van der Waals surface area contributed by atoms with E-state index in [-0.39, 0.29) is 17.9 Å². The first-order valence-electron chi connectivity index (χ1n) is 7.50. The summed E-state index contributed by atoms with van der Waals surface area (Å²) in [5, 5.41) is 4.09. The molecule has 1 heterocycles. The molecular weight excluding hydrogens is 300 g/mol. The van der Waals surface area contributed by atoms with Gasteiger partial charge in [-0.3, -0.25) is 4.90 Å². The van der Waals surface area contributed by atoms with Crippen LogP contribution in [0.5, 0.6) is 0 Å². The van der Waals surface area contributed by atoms with Gasteiger partial charge < -0.3 is 10.3 Å². The van der Waals surface area contributed by atoms with E-state index in [9.17, 15) is 0 Å². The number of nitrogens with two attached hydrogens (primary N) is 1. The van der Waals surface area contributed by atoms with Crippen molar-refractivity contribution < 1.29 is 4.52 Å². The van der Waals surface area contributed by atoms with Crippen molar-refractivity contribution in [3.8, 4) is 0 Å². The van der Waals surface area contributed by atoms with E-state index >= 15 is 0 Å². The van der Waals surface area contributed by atoms with Crippen molar-refractivity contribution >= 4 is 12.4 Å². The average Bonchev–Trinajstić information content (AvgIpc) is 3.10. The fourth-order valence-electron chi connectivity index (χ4n) is 2.93. The molecule has 2 N–H and O–H groups in total. The molecule has 0 aliphatic heterocycles. The van der Waals surface area contributed by atoms with E-state index in [2.05, 4.69) is 27.2 Å². The third kappa shape index (κ3) is 3.85. The van der Waals surface area contributed by atoms with Crippen molar-refractivity contribution in [2.45, 2.75) is 44.3 Å². The molecule has 0 radical (unpaired) electrons. The lowest BCUT2D eigenvalue weighted by molar-refractivity contribution is 0.259. The van der Waals surface area contributed by atoms with Crippen molar-refractivity contribution in [2.24, 2.45) is 5.73 Å². The number of hydrogen-bond donors (Lipinski definition) is 1. The highest BCUT2D eigenvalue weighted by molar-refractivity contribution is 5.85. The van der Waals surface area contributed by atoms with Crippen LogP contribution in [-0.2, 0) is 18.6 Å². The SMILES string of the molecule is CN(Cc1ccccc1)Cc1nc(C2(N)CCCC2)no1.Cl. The van der Waals surface area contributed by atoms with Crippen LogP contribution in [0.1, 0.15) is 43.0 Å². The van der Waals surface area contributed by atoms with Gasteiger partial charge in [0.25, 0.3) is 0 Å². The minimum Gasteiger partial charge on any atom is -0.338 e. The molecule has 0 amide bonds. The maximum Gasteiger partial charge on any atom is 0.240 e. The quantitative estimate of drug-likeness (QED) is 0.916. The van der Waals surface area contributed by atoms with Crippen LogP contribution in [0, 0.1) is 0 Å². The molecule has 0 saturated heterocycles. The molecule has 5 nitrogen and oxygen atoms in total. The Kier molecular flexibility index (Phi) is 5.56. The molecule has 0 atom stereocenters.